The average molecular weight is 174 g/mol. The van der Waals surface area contributed by atoms with E-state index in [2.05, 4.69) is 16.8 Å². The molecule has 1 fully saturated rings. The molecule has 0 bridgehead atoms. The first-order valence-corrected chi connectivity index (χ1v) is 4.45. The molecule has 2 N–H and O–H groups in total. The third kappa shape index (κ3) is 3.49. The van der Waals surface area contributed by atoms with Crippen LogP contribution in [0.2, 0.25) is 0 Å². The Bertz CT molecular complexity index is 122. The van der Waals surface area contributed by atoms with Crippen LogP contribution in [0, 0.1) is 0 Å². The van der Waals surface area contributed by atoms with Gasteiger partial charge in [0, 0.05) is 39.1 Å². The minimum absolute atomic E-state index is 0.462. The lowest BCUT2D eigenvalue weighted by molar-refractivity contribution is -0.0518. The van der Waals surface area contributed by atoms with Crippen molar-refractivity contribution in [3.63, 3.8) is 0 Å². The Morgan fingerprint density at radius 3 is 2.25 bits per heavy atom. The highest BCUT2D eigenvalue weighted by Gasteiger charge is 2.13. The van der Waals surface area contributed by atoms with E-state index in [-0.39, 0.29) is 0 Å². The summed E-state index contributed by atoms with van der Waals surface area (Å²) in [6.45, 7) is 5.06. The van der Waals surface area contributed by atoms with Crippen molar-refractivity contribution in [3.8, 4) is 0 Å². The summed E-state index contributed by atoms with van der Waals surface area (Å²) in [6.07, 6.45) is -0.686. The number of hydrogen-bond donors (Lipinski definition) is 2. The fourth-order valence-corrected chi connectivity index (χ4v) is 1.37. The molecule has 0 aromatic carbocycles. The summed E-state index contributed by atoms with van der Waals surface area (Å²) in [6, 6.07) is 0. The van der Waals surface area contributed by atoms with E-state index in [1.165, 1.54) is 0 Å². The lowest BCUT2D eigenvalue weighted by Crippen LogP contribution is -2.45. The van der Waals surface area contributed by atoms with E-state index in [9.17, 15) is 0 Å². The highest BCUT2D eigenvalue weighted by molar-refractivity contribution is 4.68. The monoisotopic (exact) mass is 174 g/mol. The van der Waals surface area contributed by atoms with Crippen molar-refractivity contribution >= 4 is 0 Å². The molecule has 1 aliphatic rings. The second kappa shape index (κ2) is 4.77. The zero-order valence-electron chi connectivity index (χ0n) is 7.61. The number of aliphatic hydroxyl groups excluding tert-OH is 1. The van der Waals surface area contributed by atoms with E-state index in [1.54, 1.807) is 0 Å². The molecule has 12 heavy (non-hydrogen) atoms. The lowest BCUT2D eigenvalue weighted by atomic mass is 10.3. The molecule has 0 atom stereocenters. The third-order valence-electron chi connectivity index (χ3n) is 2.30. The Morgan fingerprint density at radius 1 is 1.17 bits per heavy atom. The Kier molecular flexibility index (Phi) is 3.94. The molecule has 0 aromatic heterocycles. The Hall–Kier alpha value is -0.160. The van der Waals surface area contributed by atoms with Gasteiger partial charge in [0.1, 0.15) is 0 Å². The van der Waals surface area contributed by atoms with Crippen LogP contribution in [0.5, 0.6) is 0 Å². The van der Waals surface area contributed by atoms with Gasteiger partial charge in [0.25, 0.3) is 0 Å². The Balaban J connectivity index is 2.09. The maximum atomic E-state index is 8.65. The highest BCUT2D eigenvalue weighted by Crippen LogP contribution is 2.00. The molecule has 0 aliphatic carbocycles. The average Bonchev–Trinajstić information content (AvgIpc) is 2.03. The van der Waals surface area contributed by atoms with E-state index in [0.29, 0.717) is 6.42 Å². The molecule has 1 saturated heterocycles. The van der Waals surface area contributed by atoms with Gasteiger partial charge in [0.05, 0.1) is 0 Å². The van der Waals surface area contributed by atoms with Crippen LogP contribution >= 0.6 is 0 Å². The van der Waals surface area contributed by atoms with E-state index in [4.69, 9.17) is 10.2 Å². The molecule has 0 saturated carbocycles. The minimum Gasteiger partial charge on any atom is -0.368 e. The van der Waals surface area contributed by atoms with Gasteiger partial charge < -0.3 is 20.0 Å². The summed E-state index contributed by atoms with van der Waals surface area (Å²) in [4.78, 5) is 4.55. The normalized spacial score (nSPS) is 22.0. The number of nitrogens with zero attached hydrogens (tertiary/aromatic N) is 2. The predicted molar refractivity (Wildman–Crippen MR) is 46.8 cm³/mol. The largest absolute Gasteiger partial charge is 0.368 e. The molecule has 0 radical (unpaired) electrons. The van der Waals surface area contributed by atoms with Gasteiger partial charge in [0.2, 0.25) is 0 Å². The van der Waals surface area contributed by atoms with Gasteiger partial charge in [0.15, 0.2) is 6.29 Å². The first kappa shape index (κ1) is 9.92. The standard InChI is InChI=1S/C8H18N2O2/c1-9-4-6-10(7-5-9)3-2-8(11)12/h8,11-12H,2-7H2,1H3. The molecule has 0 unspecified atom stereocenters. The number of likely N-dealkylation sites (N-methyl/N-ethyl adjacent to an activating group) is 1. The van der Waals surface area contributed by atoms with E-state index in [1.807, 2.05) is 0 Å². The molecule has 0 amide bonds. The second-order valence-electron chi connectivity index (χ2n) is 3.41. The van der Waals surface area contributed by atoms with Crippen molar-refractivity contribution in [3.05, 3.63) is 0 Å². The third-order valence-corrected chi connectivity index (χ3v) is 2.30. The molecule has 0 spiro atoms. The van der Waals surface area contributed by atoms with Crippen LogP contribution in [0.1, 0.15) is 6.42 Å². The van der Waals surface area contributed by atoms with Crippen molar-refractivity contribution in [1.82, 2.24) is 9.80 Å². The van der Waals surface area contributed by atoms with Crippen LogP contribution in [0.4, 0.5) is 0 Å². The number of aliphatic hydroxyl groups is 2. The van der Waals surface area contributed by atoms with Crippen LogP contribution in [0.3, 0.4) is 0 Å². The van der Waals surface area contributed by atoms with Gasteiger partial charge in [-0.05, 0) is 7.05 Å². The zero-order valence-corrected chi connectivity index (χ0v) is 7.61. The number of piperazine rings is 1. The van der Waals surface area contributed by atoms with Crippen LogP contribution in [-0.4, -0.2) is 66.1 Å². The van der Waals surface area contributed by atoms with Crippen molar-refractivity contribution in [2.45, 2.75) is 12.7 Å². The van der Waals surface area contributed by atoms with Crippen LogP contribution in [0.15, 0.2) is 0 Å². The van der Waals surface area contributed by atoms with Gasteiger partial charge in [-0.1, -0.05) is 0 Å². The summed E-state index contributed by atoms with van der Waals surface area (Å²) in [7, 11) is 2.11. The van der Waals surface area contributed by atoms with E-state index in [0.717, 1.165) is 32.7 Å². The molecule has 0 aromatic rings. The second-order valence-corrected chi connectivity index (χ2v) is 3.41. The molecule has 72 valence electrons. The van der Waals surface area contributed by atoms with Crippen LogP contribution in [0.25, 0.3) is 0 Å². The first-order valence-electron chi connectivity index (χ1n) is 4.45. The van der Waals surface area contributed by atoms with E-state index >= 15 is 0 Å². The maximum absolute atomic E-state index is 8.65. The first-order chi connectivity index (χ1) is 5.68. The summed E-state index contributed by atoms with van der Waals surface area (Å²) < 4.78 is 0. The lowest BCUT2D eigenvalue weighted by Gasteiger charge is -2.32. The SMILES string of the molecule is CN1CCN(CCC(O)O)CC1. The maximum Gasteiger partial charge on any atom is 0.152 e. The number of hydrogen-bond acceptors (Lipinski definition) is 4. The molecule has 4 heteroatoms. The van der Waals surface area contributed by atoms with Gasteiger partial charge in [-0.15, -0.1) is 0 Å². The highest BCUT2D eigenvalue weighted by atomic mass is 16.5. The molecule has 1 heterocycles. The fourth-order valence-electron chi connectivity index (χ4n) is 1.37. The fraction of sp³-hybridized carbons (Fsp3) is 1.00. The van der Waals surface area contributed by atoms with Crippen molar-refractivity contribution in [2.75, 3.05) is 39.8 Å². The smallest absolute Gasteiger partial charge is 0.152 e. The van der Waals surface area contributed by atoms with Crippen molar-refractivity contribution < 1.29 is 10.2 Å². The minimum atomic E-state index is -1.15. The summed E-state index contributed by atoms with van der Waals surface area (Å²) >= 11 is 0. The molecule has 4 nitrogen and oxygen atoms in total. The number of rotatable bonds is 3. The molecular weight excluding hydrogens is 156 g/mol. The zero-order chi connectivity index (χ0) is 8.97. The molecular formula is C8H18N2O2. The quantitative estimate of drug-likeness (QED) is 0.535. The van der Waals surface area contributed by atoms with Crippen molar-refractivity contribution in [1.29, 1.82) is 0 Å². The summed E-state index contributed by atoms with van der Waals surface area (Å²) in [5.41, 5.74) is 0. The Morgan fingerprint density at radius 2 is 1.75 bits per heavy atom. The van der Waals surface area contributed by atoms with Gasteiger partial charge >= 0.3 is 0 Å². The Labute approximate surface area is 73.4 Å². The predicted octanol–water partition coefficient (Wildman–Crippen LogP) is -1.07. The summed E-state index contributed by atoms with van der Waals surface area (Å²) in [5.74, 6) is 0. The van der Waals surface area contributed by atoms with Gasteiger partial charge in [-0.25, -0.2) is 0 Å². The van der Waals surface area contributed by atoms with Gasteiger partial charge in [-0.3, -0.25) is 0 Å². The van der Waals surface area contributed by atoms with Crippen LogP contribution in [-0.2, 0) is 0 Å². The summed E-state index contributed by atoms with van der Waals surface area (Å²) in [5, 5.41) is 17.3. The van der Waals surface area contributed by atoms with Crippen LogP contribution < -0.4 is 0 Å². The molecule has 1 rings (SSSR count). The van der Waals surface area contributed by atoms with Crippen molar-refractivity contribution in [2.24, 2.45) is 0 Å². The topological polar surface area (TPSA) is 46.9 Å². The molecule has 1 aliphatic heterocycles. The van der Waals surface area contributed by atoms with E-state index < -0.39 is 6.29 Å². The van der Waals surface area contributed by atoms with Gasteiger partial charge in [-0.2, -0.15) is 0 Å².